The molecule has 0 bridgehead atoms. The highest BCUT2D eigenvalue weighted by molar-refractivity contribution is 5.85. The van der Waals surface area contributed by atoms with Crippen molar-refractivity contribution in [3.8, 4) is 11.5 Å². The van der Waals surface area contributed by atoms with E-state index in [1.807, 2.05) is 36.4 Å². The molecular weight excluding hydrogens is 400 g/mol. The molecule has 0 radical (unpaired) electrons. The summed E-state index contributed by atoms with van der Waals surface area (Å²) < 4.78 is 11.3. The molecule has 1 saturated carbocycles. The second-order valence-electron chi connectivity index (χ2n) is 8.04. The van der Waals surface area contributed by atoms with Gasteiger partial charge in [-0.1, -0.05) is 36.8 Å². The fourth-order valence-electron chi connectivity index (χ4n) is 4.78. The summed E-state index contributed by atoms with van der Waals surface area (Å²) in [6, 6.07) is 16.1. The Labute approximate surface area is 184 Å². The van der Waals surface area contributed by atoms with E-state index in [9.17, 15) is 4.79 Å². The first-order chi connectivity index (χ1) is 14.2. The molecule has 0 saturated heterocycles. The zero-order chi connectivity index (χ0) is 20.2. The summed E-state index contributed by atoms with van der Waals surface area (Å²) in [6.07, 6.45) is 3.83. The summed E-state index contributed by atoms with van der Waals surface area (Å²) in [5, 5.41) is 0. The van der Waals surface area contributed by atoms with Crippen molar-refractivity contribution in [2.24, 2.45) is 17.6 Å². The van der Waals surface area contributed by atoms with Crippen LogP contribution in [0.25, 0.3) is 0 Å². The number of benzene rings is 2. The maximum Gasteiger partial charge on any atom is 0.226 e. The number of methoxy groups -OCH3 is 1. The van der Waals surface area contributed by atoms with Gasteiger partial charge in [-0.05, 0) is 49.1 Å². The first kappa shape index (κ1) is 22.4. The van der Waals surface area contributed by atoms with Gasteiger partial charge >= 0.3 is 0 Å². The van der Waals surface area contributed by atoms with Gasteiger partial charge in [0, 0.05) is 24.4 Å². The predicted octanol–water partition coefficient (Wildman–Crippen LogP) is 4.34. The average molecular weight is 431 g/mol. The average Bonchev–Trinajstić information content (AvgIpc) is 3.26. The van der Waals surface area contributed by atoms with Crippen molar-refractivity contribution >= 4 is 18.3 Å². The highest BCUT2D eigenvalue weighted by atomic mass is 35.5. The van der Waals surface area contributed by atoms with E-state index in [1.165, 1.54) is 0 Å². The van der Waals surface area contributed by atoms with E-state index in [0.717, 1.165) is 48.3 Å². The number of carbonyl (C=O) groups excluding carboxylic acids is 1. The lowest BCUT2D eigenvalue weighted by Crippen LogP contribution is -2.42. The van der Waals surface area contributed by atoms with Crippen LogP contribution in [0.4, 0.5) is 0 Å². The molecule has 2 N–H and O–H groups in total. The SMILES string of the molecule is COc1ccc2c(c1)C(N(Cc1ccccc1)C(=O)[C@@H]1CCC[C@@H]1CN)CCO2.Cl. The van der Waals surface area contributed by atoms with Gasteiger partial charge < -0.3 is 20.1 Å². The lowest BCUT2D eigenvalue weighted by Gasteiger charge is -2.38. The Balaban J connectivity index is 0.00000256. The number of carbonyl (C=O) groups is 1. The quantitative estimate of drug-likeness (QED) is 0.740. The Hall–Kier alpha value is -2.24. The molecule has 5 nitrogen and oxygen atoms in total. The second-order valence-corrected chi connectivity index (χ2v) is 8.04. The van der Waals surface area contributed by atoms with Crippen LogP contribution in [-0.4, -0.2) is 31.1 Å². The van der Waals surface area contributed by atoms with Crippen molar-refractivity contribution in [1.29, 1.82) is 0 Å². The van der Waals surface area contributed by atoms with E-state index in [2.05, 4.69) is 17.0 Å². The van der Waals surface area contributed by atoms with E-state index < -0.39 is 0 Å². The van der Waals surface area contributed by atoms with E-state index in [0.29, 0.717) is 19.7 Å². The maximum atomic E-state index is 13.8. The van der Waals surface area contributed by atoms with Crippen LogP contribution in [0.5, 0.6) is 11.5 Å². The molecule has 2 aromatic carbocycles. The number of hydrogen-bond acceptors (Lipinski definition) is 4. The van der Waals surface area contributed by atoms with Crippen LogP contribution in [-0.2, 0) is 11.3 Å². The molecule has 2 aliphatic rings. The van der Waals surface area contributed by atoms with Crippen LogP contribution in [0.1, 0.15) is 42.9 Å². The van der Waals surface area contributed by atoms with Gasteiger partial charge in [0.1, 0.15) is 11.5 Å². The highest BCUT2D eigenvalue weighted by Crippen LogP contribution is 2.41. The summed E-state index contributed by atoms with van der Waals surface area (Å²) in [7, 11) is 1.66. The fraction of sp³-hybridized carbons (Fsp3) is 0.458. The summed E-state index contributed by atoms with van der Waals surface area (Å²) >= 11 is 0. The van der Waals surface area contributed by atoms with Gasteiger partial charge in [-0.2, -0.15) is 0 Å². The first-order valence-corrected chi connectivity index (χ1v) is 10.6. The topological polar surface area (TPSA) is 64.8 Å². The number of amides is 1. The van der Waals surface area contributed by atoms with Crippen LogP contribution in [0, 0.1) is 11.8 Å². The third-order valence-electron chi connectivity index (χ3n) is 6.36. The molecule has 4 rings (SSSR count). The van der Waals surface area contributed by atoms with Crippen molar-refractivity contribution in [2.45, 2.75) is 38.3 Å². The van der Waals surface area contributed by atoms with Gasteiger partial charge in [0.2, 0.25) is 5.91 Å². The molecule has 1 unspecified atom stereocenters. The largest absolute Gasteiger partial charge is 0.497 e. The van der Waals surface area contributed by atoms with Crippen LogP contribution >= 0.6 is 12.4 Å². The molecule has 6 heteroatoms. The second kappa shape index (κ2) is 10.2. The van der Waals surface area contributed by atoms with E-state index >= 15 is 0 Å². The lowest BCUT2D eigenvalue weighted by molar-refractivity contribution is -0.140. The van der Waals surface area contributed by atoms with Gasteiger partial charge in [0.05, 0.1) is 19.8 Å². The van der Waals surface area contributed by atoms with E-state index in [1.54, 1.807) is 7.11 Å². The number of rotatable bonds is 6. The molecule has 1 heterocycles. The molecule has 1 fully saturated rings. The number of ether oxygens (including phenoxy) is 2. The van der Waals surface area contributed by atoms with Crippen molar-refractivity contribution < 1.29 is 14.3 Å². The Morgan fingerprint density at radius 3 is 2.70 bits per heavy atom. The fourth-order valence-corrected chi connectivity index (χ4v) is 4.78. The number of nitrogens with zero attached hydrogens (tertiary/aromatic N) is 1. The summed E-state index contributed by atoms with van der Waals surface area (Å²) in [5.74, 6) is 2.15. The van der Waals surface area contributed by atoms with Gasteiger partial charge in [-0.3, -0.25) is 4.79 Å². The molecule has 0 aromatic heterocycles. The molecule has 30 heavy (non-hydrogen) atoms. The minimum Gasteiger partial charge on any atom is -0.497 e. The van der Waals surface area contributed by atoms with Gasteiger partial charge in [0.15, 0.2) is 0 Å². The normalized spacial score (nSPS) is 22.4. The Morgan fingerprint density at radius 2 is 1.97 bits per heavy atom. The van der Waals surface area contributed by atoms with Crippen molar-refractivity contribution in [3.05, 3.63) is 59.7 Å². The zero-order valence-electron chi connectivity index (χ0n) is 17.5. The van der Waals surface area contributed by atoms with Gasteiger partial charge in [0.25, 0.3) is 0 Å². The molecule has 3 atom stereocenters. The molecule has 2 aromatic rings. The zero-order valence-corrected chi connectivity index (χ0v) is 18.3. The van der Waals surface area contributed by atoms with Crippen molar-refractivity contribution in [2.75, 3.05) is 20.3 Å². The van der Waals surface area contributed by atoms with Crippen molar-refractivity contribution in [1.82, 2.24) is 4.90 Å². The third kappa shape index (κ3) is 4.57. The molecular formula is C24H31ClN2O3. The number of nitrogens with two attached hydrogens (primary N) is 1. The minimum absolute atomic E-state index is 0. The third-order valence-corrected chi connectivity index (χ3v) is 6.36. The molecule has 1 aliphatic heterocycles. The Bertz CT molecular complexity index is 846. The molecule has 0 spiro atoms. The first-order valence-electron chi connectivity index (χ1n) is 10.6. The Morgan fingerprint density at radius 1 is 1.17 bits per heavy atom. The smallest absolute Gasteiger partial charge is 0.226 e. The number of fused-ring (bicyclic) bond motifs is 1. The number of halogens is 1. The standard InChI is InChI=1S/C24H30N2O3.ClH/c1-28-19-10-11-23-21(14-19)22(12-13-29-23)26(16-17-6-3-2-4-7-17)24(27)20-9-5-8-18(20)15-25;/h2-4,6-7,10-11,14,18,20,22H,5,8-9,12-13,15-16,25H2,1H3;1H/t18-,20-,22?;/m1./s1. The van der Waals surface area contributed by atoms with Gasteiger partial charge in [-0.25, -0.2) is 0 Å². The van der Waals surface area contributed by atoms with Crippen LogP contribution in [0.15, 0.2) is 48.5 Å². The number of hydrogen-bond donors (Lipinski definition) is 1. The Kier molecular flexibility index (Phi) is 7.62. The molecule has 1 aliphatic carbocycles. The van der Waals surface area contributed by atoms with Gasteiger partial charge in [-0.15, -0.1) is 12.4 Å². The maximum absolute atomic E-state index is 13.8. The lowest BCUT2D eigenvalue weighted by atomic mass is 9.91. The van der Waals surface area contributed by atoms with Crippen LogP contribution < -0.4 is 15.2 Å². The molecule has 162 valence electrons. The summed E-state index contributed by atoms with van der Waals surface area (Å²) in [4.78, 5) is 15.8. The van der Waals surface area contributed by atoms with E-state index in [4.69, 9.17) is 15.2 Å². The predicted molar refractivity (Wildman–Crippen MR) is 120 cm³/mol. The minimum atomic E-state index is -0.0272. The molecule has 1 amide bonds. The highest BCUT2D eigenvalue weighted by Gasteiger charge is 2.39. The van der Waals surface area contributed by atoms with E-state index in [-0.39, 0.29) is 36.2 Å². The summed E-state index contributed by atoms with van der Waals surface area (Å²) in [6.45, 7) is 1.77. The van der Waals surface area contributed by atoms with Crippen LogP contribution in [0.3, 0.4) is 0 Å². The van der Waals surface area contributed by atoms with Crippen molar-refractivity contribution in [3.63, 3.8) is 0 Å². The van der Waals surface area contributed by atoms with Crippen LogP contribution in [0.2, 0.25) is 0 Å². The summed E-state index contributed by atoms with van der Waals surface area (Å²) in [5.41, 5.74) is 8.17. The monoisotopic (exact) mass is 430 g/mol.